The molecule has 74 heavy (non-hydrogen) atoms. The number of H-pyrrole nitrogens is 1. The van der Waals surface area contributed by atoms with E-state index in [1.54, 1.807) is 102 Å². The molecule has 0 saturated heterocycles. The Bertz CT molecular complexity index is 2260. The summed E-state index contributed by atoms with van der Waals surface area (Å²) in [7, 11) is 3.72. The lowest BCUT2D eigenvalue weighted by Gasteiger charge is -1.82. The van der Waals surface area contributed by atoms with Gasteiger partial charge in [0, 0.05) is 112 Å². The van der Waals surface area contributed by atoms with Gasteiger partial charge in [-0.25, -0.2) is 49.8 Å². The predicted molar refractivity (Wildman–Crippen MR) is 286 cm³/mol. The quantitative estimate of drug-likeness (QED) is 0.149. The van der Waals surface area contributed by atoms with Crippen LogP contribution in [0.3, 0.4) is 0 Å². The average molecular weight is 998 g/mol. The lowest BCUT2D eigenvalue weighted by atomic mass is 10.3. The number of aromatic nitrogens is 21. The fraction of sp³-hybridized carbons (Fsp3) is 0.208. The SMILES string of the molecule is Cc1ccccn1.Cc1cccnc1.Cc1ccncc1.Cc1ccncn1.Cc1ccnnc1.Cc1cn[nH]c1.Cc1cncnc1.Cc1ncccn1.Cc1ncncn1.Cn1cccn1.Cn1cncn1. The van der Waals surface area contributed by atoms with Gasteiger partial charge in [0.05, 0.1) is 12.4 Å². The van der Waals surface area contributed by atoms with Crippen LogP contribution in [0.25, 0.3) is 0 Å². The minimum absolute atomic E-state index is 0.759. The van der Waals surface area contributed by atoms with E-state index in [4.69, 9.17) is 0 Å². The van der Waals surface area contributed by atoms with Crippen molar-refractivity contribution < 1.29 is 0 Å². The summed E-state index contributed by atoms with van der Waals surface area (Å²) >= 11 is 0. The Balaban J connectivity index is 0.000000407. The molecule has 0 saturated carbocycles. The van der Waals surface area contributed by atoms with E-state index in [2.05, 4.69) is 95.4 Å². The Labute approximate surface area is 434 Å². The van der Waals surface area contributed by atoms with Crippen LogP contribution >= 0.6 is 0 Å². The van der Waals surface area contributed by atoms with Gasteiger partial charge in [0.15, 0.2) is 0 Å². The summed E-state index contributed by atoms with van der Waals surface area (Å²) in [6.45, 7) is 17.6. The lowest BCUT2D eigenvalue weighted by molar-refractivity contribution is 0.765. The van der Waals surface area contributed by atoms with Gasteiger partial charge in [-0.1, -0.05) is 12.1 Å². The molecule has 1 N–H and O–H groups in total. The third kappa shape index (κ3) is 41.3. The van der Waals surface area contributed by atoms with Crippen LogP contribution in [0.2, 0.25) is 0 Å². The van der Waals surface area contributed by atoms with Gasteiger partial charge < -0.3 is 0 Å². The summed E-state index contributed by atoms with van der Waals surface area (Å²) < 4.78 is 3.39. The molecular weight excluding hydrogens is 931 g/mol. The van der Waals surface area contributed by atoms with Crippen LogP contribution in [-0.2, 0) is 14.1 Å². The second kappa shape index (κ2) is 43.4. The molecule has 0 radical (unpaired) electrons. The molecule has 0 aliphatic heterocycles. The number of nitrogens with one attached hydrogen (secondary N) is 1. The lowest BCUT2D eigenvalue weighted by Crippen LogP contribution is -1.84. The normalized spacial score (nSPS) is 8.74. The second-order valence-electron chi connectivity index (χ2n) is 14.7. The van der Waals surface area contributed by atoms with Gasteiger partial charge >= 0.3 is 0 Å². The molecule has 0 aliphatic carbocycles. The molecule has 0 aliphatic rings. The van der Waals surface area contributed by atoms with E-state index in [-0.39, 0.29) is 0 Å². The molecular formula is C53H67N21. The third-order valence-corrected chi connectivity index (χ3v) is 7.74. The number of nitrogens with zero attached hydrogens (tertiary/aromatic N) is 20. The Morgan fingerprint density at radius 1 is 0.351 bits per heavy atom. The van der Waals surface area contributed by atoms with Crippen molar-refractivity contribution in [1.29, 1.82) is 0 Å². The van der Waals surface area contributed by atoms with Crippen molar-refractivity contribution in [2.75, 3.05) is 0 Å². The molecule has 11 rings (SSSR count). The van der Waals surface area contributed by atoms with Crippen LogP contribution in [0.4, 0.5) is 0 Å². The maximum absolute atomic E-state index is 3.98. The number of pyridine rings is 3. The summed E-state index contributed by atoms with van der Waals surface area (Å²) in [6, 6.07) is 21.2. The zero-order chi connectivity index (χ0) is 54.1. The van der Waals surface area contributed by atoms with Gasteiger partial charge in [-0.15, -0.1) is 0 Å². The highest BCUT2D eigenvalue weighted by Gasteiger charge is 1.80. The highest BCUT2D eigenvalue weighted by atomic mass is 15.3. The molecule has 21 heteroatoms. The van der Waals surface area contributed by atoms with E-state index in [1.807, 2.05) is 156 Å². The van der Waals surface area contributed by atoms with Gasteiger partial charge in [0.25, 0.3) is 0 Å². The fourth-order valence-corrected chi connectivity index (χ4v) is 4.01. The first-order valence-electron chi connectivity index (χ1n) is 22.6. The van der Waals surface area contributed by atoms with Crippen LogP contribution in [0, 0.1) is 62.3 Å². The van der Waals surface area contributed by atoms with Crippen molar-refractivity contribution in [2.24, 2.45) is 14.1 Å². The largest absolute Gasteiger partial charge is 0.285 e. The highest BCUT2D eigenvalue weighted by Crippen LogP contribution is 1.91. The molecule has 0 amide bonds. The third-order valence-electron chi connectivity index (χ3n) is 7.74. The van der Waals surface area contributed by atoms with E-state index < -0.39 is 0 Å². The van der Waals surface area contributed by atoms with Crippen molar-refractivity contribution in [3.63, 3.8) is 0 Å². The Kier molecular flexibility index (Phi) is 36.5. The van der Waals surface area contributed by atoms with E-state index in [9.17, 15) is 0 Å². The van der Waals surface area contributed by atoms with Crippen LogP contribution < -0.4 is 0 Å². The number of aromatic amines is 1. The first-order chi connectivity index (χ1) is 35.8. The second-order valence-corrected chi connectivity index (χ2v) is 14.7. The Morgan fingerprint density at radius 3 is 1.24 bits per heavy atom. The van der Waals surface area contributed by atoms with Gasteiger partial charge in [0.1, 0.15) is 49.6 Å². The molecule has 0 spiro atoms. The monoisotopic (exact) mass is 998 g/mol. The molecule has 11 aromatic rings. The van der Waals surface area contributed by atoms with Gasteiger partial charge in [-0.3, -0.25) is 29.4 Å². The first kappa shape index (κ1) is 62.4. The zero-order valence-electron chi connectivity index (χ0n) is 44.0. The van der Waals surface area contributed by atoms with Gasteiger partial charge in [0.2, 0.25) is 0 Å². The van der Waals surface area contributed by atoms with Crippen LogP contribution in [0.5, 0.6) is 0 Å². The topological polar surface area (TPSA) is 258 Å². The number of hydrogen-bond acceptors (Lipinski definition) is 18. The van der Waals surface area contributed by atoms with Crippen LogP contribution in [0.1, 0.15) is 50.9 Å². The average Bonchev–Trinajstić information content (AvgIpc) is 4.24. The smallest absolute Gasteiger partial charge is 0.137 e. The van der Waals surface area contributed by atoms with Crippen molar-refractivity contribution >= 4 is 0 Å². The van der Waals surface area contributed by atoms with E-state index >= 15 is 0 Å². The molecule has 11 heterocycles. The highest BCUT2D eigenvalue weighted by molar-refractivity contribution is 5.06. The van der Waals surface area contributed by atoms with Crippen molar-refractivity contribution in [1.82, 2.24) is 105 Å². The van der Waals surface area contributed by atoms with E-state index in [0.717, 1.165) is 34.2 Å². The van der Waals surface area contributed by atoms with Crippen LogP contribution in [-0.4, -0.2) is 105 Å². The summed E-state index contributed by atoms with van der Waals surface area (Å²) in [5.41, 5.74) is 7.97. The maximum atomic E-state index is 3.98. The minimum atomic E-state index is 0.759. The molecule has 21 nitrogen and oxygen atoms in total. The molecule has 0 unspecified atom stereocenters. The summed E-state index contributed by atoms with van der Waals surface area (Å²) in [4.78, 5) is 49.4. The van der Waals surface area contributed by atoms with E-state index in [0.29, 0.717) is 0 Å². The molecule has 0 aromatic carbocycles. The zero-order valence-corrected chi connectivity index (χ0v) is 44.0. The van der Waals surface area contributed by atoms with Crippen molar-refractivity contribution in [3.8, 4) is 0 Å². The molecule has 0 fully saturated rings. The van der Waals surface area contributed by atoms with Gasteiger partial charge in [-0.05, 0) is 145 Å². The van der Waals surface area contributed by atoms with Crippen molar-refractivity contribution in [3.05, 3.63) is 255 Å². The number of hydrogen-bond donors (Lipinski definition) is 1. The van der Waals surface area contributed by atoms with E-state index in [1.165, 1.54) is 48.3 Å². The maximum Gasteiger partial charge on any atom is 0.137 e. The number of aryl methyl sites for hydroxylation is 11. The Hall–Kier alpha value is -9.66. The summed E-state index contributed by atoms with van der Waals surface area (Å²) in [5, 5.41) is 21.2. The summed E-state index contributed by atoms with van der Waals surface area (Å²) in [6.07, 6.45) is 37.5. The van der Waals surface area contributed by atoms with Crippen molar-refractivity contribution in [2.45, 2.75) is 62.3 Å². The standard InChI is InChI=1S/3C6H7N.4C5H6N2.C4H5N3.2C4H6N2.C3H5N3/c1-6-2-4-7-5-3-6;1-6-3-2-4-7-5-6;1-6-4-2-3-5-7-6;1-5-2-6-4-7-3-5;1-5-2-3-6-4-7-5;1-5-2-3-6-7-4-5;1-5-6-3-2-4-7-5;1-4-6-2-5-3-7-4;1-4-2-5-6-3-4;1-6-4-2-3-5-6;1-6-3-4-2-5-6/h3*2-5H,1H3;4*2-4H,1H3;2-3H,1H3;2-3H,1H3,(H,5,6);2-4H,1H3;2-3H,1H3. The van der Waals surface area contributed by atoms with Gasteiger partial charge in [-0.2, -0.15) is 25.5 Å². The predicted octanol–water partition coefficient (Wildman–Crippen LogP) is 8.44. The molecule has 384 valence electrons. The summed E-state index contributed by atoms with van der Waals surface area (Å²) in [5.74, 6) is 1.58. The van der Waals surface area contributed by atoms with Crippen LogP contribution in [0.15, 0.2) is 204 Å². The first-order valence-corrected chi connectivity index (χ1v) is 22.6. The molecule has 11 aromatic heterocycles. The minimum Gasteiger partial charge on any atom is -0.285 e. The Morgan fingerprint density at radius 2 is 0.986 bits per heavy atom. The molecule has 0 atom stereocenters. The number of rotatable bonds is 0. The fourth-order valence-electron chi connectivity index (χ4n) is 4.01. The molecule has 0 bridgehead atoms.